The van der Waals surface area contributed by atoms with Gasteiger partial charge >= 0.3 is 0 Å². The lowest BCUT2D eigenvalue weighted by Gasteiger charge is -2.30. The van der Waals surface area contributed by atoms with E-state index in [-0.39, 0.29) is 5.91 Å². The summed E-state index contributed by atoms with van der Waals surface area (Å²) in [6.07, 6.45) is 6.79. The molecule has 5 heteroatoms. The van der Waals surface area contributed by atoms with Crippen LogP contribution in [0.3, 0.4) is 0 Å². The normalized spacial score (nSPS) is 20.0. The topological polar surface area (TPSA) is 48.5 Å². The minimum absolute atomic E-state index is 0.0724. The second kappa shape index (κ2) is 9.40. The molecule has 0 spiro atoms. The van der Waals surface area contributed by atoms with E-state index in [4.69, 9.17) is 0 Å². The smallest absolute Gasteiger partial charge is 0.253 e. The van der Waals surface area contributed by atoms with Gasteiger partial charge in [0, 0.05) is 38.9 Å². The Morgan fingerprint density at radius 1 is 1.03 bits per heavy atom. The zero-order chi connectivity index (χ0) is 20.1. The van der Waals surface area contributed by atoms with Crippen LogP contribution in [0.2, 0.25) is 0 Å². The Balaban J connectivity index is 1.26. The molecule has 154 valence electrons. The van der Waals surface area contributed by atoms with Gasteiger partial charge in [-0.15, -0.1) is 0 Å². The SMILES string of the molecule is CC1CCCN(Cc2ccc(CNC(=O)c3ccc(N4CCCC4)nc3)cc2)C1. The predicted molar refractivity (Wildman–Crippen MR) is 117 cm³/mol. The molecule has 1 N–H and O–H groups in total. The van der Waals surface area contributed by atoms with Crippen LogP contribution >= 0.6 is 0 Å². The lowest BCUT2D eigenvalue weighted by molar-refractivity contribution is 0.0950. The van der Waals surface area contributed by atoms with Gasteiger partial charge in [-0.2, -0.15) is 0 Å². The number of nitrogens with zero attached hydrogens (tertiary/aromatic N) is 3. The number of anilines is 1. The molecule has 0 bridgehead atoms. The molecule has 2 saturated heterocycles. The van der Waals surface area contributed by atoms with Gasteiger partial charge in [0.2, 0.25) is 0 Å². The van der Waals surface area contributed by atoms with Crippen molar-refractivity contribution in [3.05, 3.63) is 59.3 Å². The molecule has 0 saturated carbocycles. The molecule has 0 radical (unpaired) electrons. The van der Waals surface area contributed by atoms with Crippen molar-refractivity contribution in [1.29, 1.82) is 0 Å². The second-order valence-corrected chi connectivity index (χ2v) is 8.58. The Morgan fingerprint density at radius 3 is 2.48 bits per heavy atom. The summed E-state index contributed by atoms with van der Waals surface area (Å²) in [5, 5.41) is 3.01. The second-order valence-electron chi connectivity index (χ2n) is 8.58. The standard InChI is InChI=1S/C24H32N4O/c1-19-5-4-12-27(17-19)18-21-8-6-20(7-9-21)15-26-24(29)22-10-11-23(25-16-22)28-13-2-3-14-28/h6-11,16,19H,2-5,12-15,17-18H2,1H3,(H,26,29). The summed E-state index contributed by atoms with van der Waals surface area (Å²) in [6, 6.07) is 12.4. The van der Waals surface area contributed by atoms with Crippen LogP contribution in [0.5, 0.6) is 0 Å². The molecule has 2 fully saturated rings. The summed E-state index contributed by atoms with van der Waals surface area (Å²) in [7, 11) is 0. The van der Waals surface area contributed by atoms with Crippen molar-refractivity contribution in [2.24, 2.45) is 5.92 Å². The van der Waals surface area contributed by atoms with Crippen molar-refractivity contribution in [1.82, 2.24) is 15.2 Å². The van der Waals surface area contributed by atoms with Crippen LogP contribution in [0.25, 0.3) is 0 Å². The quantitative estimate of drug-likeness (QED) is 0.811. The summed E-state index contributed by atoms with van der Waals surface area (Å²) in [5.41, 5.74) is 3.08. The minimum atomic E-state index is -0.0724. The van der Waals surface area contributed by atoms with Crippen molar-refractivity contribution in [3.63, 3.8) is 0 Å². The van der Waals surface area contributed by atoms with Gasteiger partial charge in [0.1, 0.15) is 5.82 Å². The summed E-state index contributed by atoms with van der Waals surface area (Å²) >= 11 is 0. The van der Waals surface area contributed by atoms with E-state index in [0.29, 0.717) is 12.1 Å². The number of pyridine rings is 1. The van der Waals surface area contributed by atoms with Gasteiger partial charge in [0.25, 0.3) is 5.91 Å². The molecule has 2 aliphatic heterocycles. The molecule has 0 aliphatic carbocycles. The molecule has 4 rings (SSSR count). The first-order valence-corrected chi connectivity index (χ1v) is 11.0. The summed E-state index contributed by atoms with van der Waals surface area (Å²) in [6.45, 7) is 8.42. The van der Waals surface area contributed by atoms with E-state index >= 15 is 0 Å². The van der Waals surface area contributed by atoms with Gasteiger partial charge in [0.15, 0.2) is 0 Å². The number of aromatic nitrogens is 1. The molecular weight excluding hydrogens is 360 g/mol. The van der Waals surface area contributed by atoms with Crippen LogP contribution < -0.4 is 10.2 Å². The zero-order valence-corrected chi connectivity index (χ0v) is 17.4. The maximum Gasteiger partial charge on any atom is 0.253 e. The number of piperidine rings is 1. The van der Waals surface area contributed by atoms with Gasteiger partial charge in [-0.05, 0) is 61.4 Å². The van der Waals surface area contributed by atoms with E-state index in [1.54, 1.807) is 6.20 Å². The summed E-state index contributed by atoms with van der Waals surface area (Å²) < 4.78 is 0. The lowest BCUT2D eigenvalue weighted by Crippen LogP contribution is -2.33. The maximum absolute atomic E-state index is 12.4. The highest BCUT2D eigenvalue weighted by molar-refractivity contribution is 5.94. The van der Waals surface area contributed by atoms with Crippen LogP contribution in [0, 0.1) is 5.92 Å². The highest BCUT2D eigenvalue weighted by Gasteiger charge is 2.16. The lowest BCUT2D eigenvalue weighted by atomic mass is 9.99. The predicted octanol–water partition coefficient (Wildman–Crippen LogP) is 3.84. The molecule has 5 nitrogen and oxygen atoms in total. The Bertz CT molecular complexity index is 797. The first-order valence-electron chi connectivity index (χ1n) is 11.0. The molecule has 1 aromatic heterocycles. The summed E-state index contributed by atoms with van der Waals surface area (Å²) in [4.78, 5) is 21.7. The van der Waals surface area contributed by atoms with E-state index in [9.17, 15) is 4.79 Å². The monoisotopic (exact) mass is 392 g/mol. The van der Waals surface area contributed by atoms with Crippen molar-refractivity contribution >= 4 is 11.7 Å². The average molecular weight is 393 g/mol. The van der Waals surface area contributed by atoms with Gasteiger partial charge in [-0.25, -0.2) is 4.98 Å². The van der Waals surface area contributed by atoms with E-state index in [2.05, 4.69) is 51.3 Å². The number of amides is 1. The van der Waals surface area contributed by atoms with E-state index in [0.717, 1.165) is 36.9 Å². The van der Waals surface area contributed by atoms with Gasteiger partial charge < -0.3 is 10.2 Å². The fraction of sp³-hybridized carbons (Fsp3) is 0.500. The third-order valence-corrected chi connectivity index (χ3v) is 6.06. The average Bonchev–Trinajstić information content (AvgIpc) is 3.28. The number of nitrogens with one attached hydrogen (secondary N) is 1. The van der Waals surface area contributed by atoms with Crippen molar-refractivity contribution in [2.75, 3.05) is 31.1 Å². The van der Waals surface area contributed by atoms with Crippen molar-refractivity contribution in [3.8, 4) is 0 Å². The zero-order valence-electron chi connectivity index (χ0n) is 17.4. The van der Waals surface area contributed by atoms with Gasteiger partial charge in [-0.1, -0.05) is 31.2 Å². The van der Waals surface area contributed by atoms with E-state index in [1.165, 1.54) is 44.3 Å². The Labute approximate surface area is 174 Å². The molecule has 29 heavy (non-hydrogen) atoms. The number of hydrogen-bond acceptors (Lipinski definition) is 4. The van der Waals surface area contributed by atoms with E-state index < -0.39 is 0 Å². The first kappa shape index (κ1) is 19.9. The highest BCUT2D eigenvalue weighted by Crippen LogP contribution is 2.19. The fourth-order valence-corrected chi connectivity index (χ4v) is 4.39. The van der Waals surface area contributed by atoms with Crippen LogP contribution in [-0.2, 0) is 13.1 Å². The minimum Gasteiger partial charge on any atom is -0.357 e. The van der Waals surface area contributed by atoms with Gasteiger partial charge in [0.05, 0.1) is 5.56 Å². The van der Waals surface area contributed by atoms with Crippen LogP contribution in [0.4, 0.5) is 5.82 Å². The number of likely N-dealkylation sites (tertiary alicyclic amines) is 1. The molecule has 1 unspecified atom stereocenters. The molecule has 2 aliphatic rings. The fourth-order valence-electron chi connectivity index (χ4n) is 4.39. The molecule has 2 aromatic rings. The molecule has 1 atom stereocenters. The van der Waals surface area contributed by atoms with Gasteiger partial charge in [-0.3, -0.25) is 9.69 Å². The Hall–Kier alpha value is -2.40. The molecule has 1 amide bonds. The largest absolute Gasteiger partial charge is 0.357 e. The van der Waals surface area contributed by atoms with Crippen LogP contribution in [-0.4, -0.2) is 42.0 Å². The number of rotatable bonds is 6. The Morgan fingerprint density at radius 2 is 1.79 bits per heavy atom. The summed E-state index contributed by atoms with van der Waals surface area (Å²) in [5.74, 6) is 1.70. The van der Waals surface area contributed by atoms with Crippen molar-refractivity contribution < 1.29 is 4.79 Å². The number of carbonyl (C=O) groups is 1. The van der Waals surface area contributed by atoms with Crippen LogP contribution in [0.15, 0.2) is 42.6 Å². The number of benzene rings is 1. The third-order valence-electron chi connectivity index (χ3n) is 6.06. The molecular formula is C24H32N4O. The first-order chi connectivity index (χ1) is 14.2. The maximum atomic E-state index is 12.4. The van der Waals surface area contributed by atoms with E-state index in [1.807, 2.05) is 12.1 Å². The molecule has 1 aromatic carbocycles. The number of hydrogen-bond donors (Lipinski definition) is 1. The van der Waals surface area contributed by atoms with Crippen LogP contribution in [0.1, 0.15) is 54.1 Å². The van der Waals surface area contributed by atoms with Crippen molar-refractivity contribution in [2.45, 2.75) is 45.7 Å². The number of carbonyl (C=O) groups excluding carboxylic acids is 1. The third kappa shape index (κ3) is 5.36. The highest BCUT2D eigenvalue weighted by atomic mass is 16.1. The molecule has 3 heterocycles. The Kier molecular flexibility index (Phi) is 6.45.